The molecule has 8 heteroatoms. The number of aromatic nitrogens is 2. The maximum Gasteiger partial charge on any atom is 0.227 e. The SMILES string of the molecule is CCCCOCC(O)CN(CCOC)Cc1c(C)nn(-c2ccccc2)c1Oc1ccccc1Cl. The largest absolute Gasteiger partial charge is 0.437 e. The summed E-state index contributed by atoms with van der Waals surface area (Å²) in [6.07, 6.45) is 1.44. The van der Waals surface area contributed by atoms with E-state index in [0.29, 0.717) is 56.1 Å². The fourth-order valence-corrected chi connectivity index (χ4v) is 3.87. The van der Waals surface area contributed by atoms with Gasteiger partial charge in [-0.1, -0.05) is 55.3 Å². The van der Waals surface area contributed by atoms with E-state index in [0.717, 1.165) is 29.8 Å². The minimum atomic E-state index is -0.610. The second-order valence-electron chi connectivity index (χ2n) is 8.46. The normalized spacial score (nSPS) is 12.3. The van der Waals surface area contributed by atoms with Crippen molar-refractivity contribution in [2.24, 2.45) is 0 Å². The lowest BCUT2D eigenvalue weighted by Crippen LogP contribution is -2.36. The Balaban J connectivity index is 1.88. The third-order valence-corrected chi connectivity index (χ3v) is 5.91. The molecule has 0 fully saturated rings. The van der Waals surface area contributed by atoms with Crippen molar-refractivity contribution in [3.05, 3.63) is 70.9 Å². The number of aryl methyl sites for hydroxylation is 1. The molecule has 0 amide bonds. The van der Waals surface area contributed by atoms with Crippen molar-refractivity contribution in [3.8, 4) is 17.3 Å². The van der Waals surface area contributed by atoms with Crippen LogP contribution in [0.5, 0.6) is 11.6 Å². The number of aliphatic hydroxyl groups excluding tert-OH is 1. The van der Waals surface area contributed by atoms with E-state index in [1.807, 2.05) is 55.5 Å². The first kappa shape index (κ1) is 27.2. The van der Waals surface area contributed by atoms with E-state index in [-0.39, 0.29) is 0 Å². The van der Waals surface area contributed by atoms with Gasteiger partial charge in [0, 0.05) is 33.4 Å². The average Bonchev–Trinajstić information content (AvgIpc) is 3.17. The molecule has 0 aliphatic carbocycles. The molecule has 35 heavy (non-hydrogen) atoms. The number of aliphatic hydroxyl groups is 1. The smallest absolute Gasteiger partial charge is 0.227 e. The Hall–Kier alpha value is -2.42. The summed E-state index contributed by atoms with van der Waals surface area (Å²) in [5.41, 5.74) is 2.65. The van der Waals surface area contributed by atoms with Crippen molar-refractivity contribution in [3.63, 3.8) is 0 Å². The number of para-hydroxylation sites is 2. The molecule has 0 spiro atoms. The first-order valence-corrected chi connectivity index (χ1v) is 12.4. The van der Waals surface area contributed by atoms with Crippen LogP contribution in [0, 0.1) is 6.92 Å². The number of halogens is 1. The summed E-state index contributed by atoms with van der Waals surface area (Å²) in [6.45, 7) is 7.18. The van der Waals surface area contributed by atoms with Crippen LogP contribution < -0.4 is 4.74 Å². The van der Waals surface area contributed by atoms with Gasteiger partial charge < -0.3 is 19.3 Å². The zero-order chi connectivity index (χ0) is 25.0. The first-order chi connectivity index (χ1) is 17.0. The topological polar surface area (TPSA) is 69.0 Å². The molecule has 1 N–H and O–H groups in total. The summed E-state index contributed by atoms with van der Waals surface area (Å²) < 4.78 is 19.1. The molecule has 0 saturated carbocycles. The highest BCUT2D eigenvalue weighted by atomic mass is 35.5. The van der Waals surface area contributed by atoms with E-state index < -0.39 is 6.10 Å². The lowest BCUT2D eigenvalue weighted by molar-refractivity contribution is 0.0100. The molecular formula is C27H36ClN3O4. The number of nitrogens with zero attached hydrogens (tertiary/aromatic N) is 3. The van der Waals surface area contributed by atoms with E-state index in [1.54, 1.807) is 17.9 Å². The quantitative estimate of drug-likeness (QED) is 0.287. The van der Waals surface area contributed by atoms with Gasteiger partial charge in [0.25, 0.3) is 0 Å². The van der Waals surface area contributed by atoms with Crippen LogP contribution in [-0.4, -0.2) is 65.9 Å². The van der Waals surface area contributed by atoms with Crippen molar-refractivity contribution >= 4 is 11.6 Å². The van der Waals surface area contributed by atoms with Crippen molar-refractivity contribution in [2.75, 3.05) is 40.0 Å². The summed E-state index contributed by atoms with van der Waals surface area (Å²) in [4.78, 5) is 2.14. The van der Waals surface area contributed by atoms with E-state index in [4.69, 9.17) is 30.9 Å². The zero-order valence-corrected chi connectivity index (χ0v) is 21.6. The Labute approximate surface area is 213 Å². The van der Waals surface area contributed by atoms with Crippen LogP contribution in [0.25, 0.3) is 5.69 Å². The van der Waals surface area contributed by atoms with E-state index in [9.17, 15) is 5.11 Å². The molecule has 1 aromatic heterocycles. The molecule has 0 aliphatic heterocycles. The maximum atomic E-state index is 10.6. The molecule has 1 unspecified atom stereocenters. The number of hydrogen-bond acceptors (Lipinski definition) is 6. The molecule has 3 rings (SSSR count). The zero-order valence-electron chi connectivity index (χ0n) is 20.8. The van der Waals surface area contributed by atoms with E-state index >= 15 is 0 Å². The molecule has 1 atom stereocenters. The van der Waals surface area contributed by atoms with Crippen LogP contribution in [0.2, 0.25) is 5.02 Å². The second kappa shape index (κ2) is 14.2. The Morgan fingerprint density at radius 2 is 1.83 bits per heavy atom. The number of methoxy groups -OCH3 is 1. The Kier molecular flexibility index (Phi) is 11.0. The third kappa shape index (κ3) is 8.05. The lowest BCUT2D eigenvalue weighted by atomic mass is 10.2. The summed E-state index contributed by atoms with van der Waals surface area (Å²) >= 11 is 6.42. The van der Waals surface area contributed by atoms with Gasteiger partial charge in [0.1, 0.15) is 5.75 Å². The molecule has 2 aromatic carbocycles. The molecule has 0 radical (unpaired) electrons. The number of hydrogen-bond donors (Lipinski definition) is 1. The number of benzene rings is 2. The Bertz CT molecular complexity index is 1030. The van der Waals surface area contributed by atoms with Crippen LogP contribution in [0.4, 0.5) is 0 Å². The number of unbranched alkanes of at least 4 members (excludes halogenated alkanes) is 1. The molecule has 0 aliphatic rings. The highest BCUT2D eigenvalue weighted by molar-refractivity contribution is 6.32. The van der Waals surface area contributed by atoms with Crippen LogP contribution >= 0.6 is 11.6 Å². The molecule has 0 saturated heterocycles. The highest BCUT2D eigenvalue weighted by Crippen LogP contribution is 2.34. The van der Waals surface area contributed by atoms with Crippen LogP contribution in [0.1, 0.15) is 31.0 Å². The fraction of sp³-hybridized carbons (Fsp3) is 0.444. The summed E-state index contributed by atoms with van der Waals surface area (Å²) in [5.74, 6) is 1.15. The lowest BCUT2D eigenvalue weighted by Gasteiger charge is -2.25. The van der Waals surface area contributed by atoms with Gasteiger partial charge in [-0.15, -0.1) is 0 Å². The van der Waals surface area contributed by atoms with Gasteiger partial charge >= 0.3 is 0 Å². The molecule has 0 bridgehead atoms. The van der Waals surface area contributed by atoms with Crippen molar-refractivity contribution in [1.82, 2.24) is 14.7 Å². The number of rotatable bonds is 15. The predicted molar refractivity (Wildman–Crippen MR) is 139 cm³/mol. The van der Waals surface area contributed by atoms with Crippen LogP contribution in [-0.2, 0) is 16.0 Å². The van der Waals surface area contributed by atoms with Crippen molar-refractivity contribution < 1.29 is 19.3 Å². The van der Waals surface area contributed by atoms with Crippen LogP contribution in [0.3, 0.4) is 0 Å². The summed E-state index contributed by atoms with van der Waals surface area (Å²) in [5, 5.41) is 15.9. The van der Waals surface area contributed by atoms with Gasteiger partial charge in [0.2, 0.25) is 5.88 Å². The molecular weight excluding hydrogens is 466 g/mol. The van der Waals surface area contributed by atoms with Gasteiger partial charge in [0.05, 0.1) is 41.3 Å². The van der Waals surface area contributed by atoms with Gasteiger partial charge in [-0.3, -0.25) is 4.90 Å². The molecule has 7 nitrogen and oxygen atoms in total. The van der Waals surface area contributed by atoms with Gasteiger partial charge in [-0.05, 0) is 37.6 Å². The average molecular weight is 502 g/mol. The monoisotopic (exact) mass is 501 g/mol. The predicted octanol–water partition coefficient (Wildman–Crippen LogP) is 5.25. The maximum absolute atomic E-state index is 10.6. The van der Waals surface area contributed by atoms with Gasteiger partial charge in [-0.2, -0.15) is 5.10 Å². The third-order valence-electron chi connectivity index (χ3n) is 5.60. The Morgan fingerprint density at radius 3 is 2.54 bits per heavy atom. The standard InChI is InChI=1S/C27H36ClN3O4/c1-4-5-16-34-20-23(32)18-30(15-17-33-3)19-24-21(2)29-31(22-11-7-6-8-12-22)27(24)35-26-14-10-9-13-25(26)28/h6-14,23,32H,4-5,15-20H2,1-3H3. The van der Waals surface area contributed by atoms with Gasteiger partial charge in [-0.25, -0.2) is 4.68 Å². The first-order valence-electron chi connectivity index (χ1n) is 12.1. The second-order valence-corrected chi connectivity index (χ2v) is 8.87. The van der Waals surface area contributed by atoms with E-state index in [1.165, 1.54) is 0 Å². The van der Waals surface area contributed by atoms with E-state index in [2.05, 4.69) is 11.8 Å². The van der Waals surface area contributed by atoms with Crippen LogP contribution in [0.15, 0.2) is 54.6 Å². The highest BCUT2D eigenvalue weighted by Gasteiger charge is 2.23. The molecule has 1 heterocycles. The Morgan fingerprint density at radius 1 is 1.09 bits per heavy atom. The summed E-state index contributed by atoms with van der Waals surface area (Å²) in [7, 11) is 1.67. The van der Waals surface area contributed by atoms with Crippen molar-refractivity contribution in [2.45, 2.75) is 39.3 Å². The molecule has 190 valence electrons. The fourth-order valence-electron chi connectivity index (χ4n) is 3.70. The molecule has 3 aromatic rings. The minimum Gasteiger partial charge on any atom is -0.437 e. The van der Waals surface area contributed by atoms with Crippen molar-refractivity contribution in [1.29, 1.82) is 0 Å². The minimum absolute atomic E-state index is 0.300. The summed E-state index contributed by atoms with van der Waals surface area (Å²) in [6, 6.07) is 17.2. The van der Waals surface area contributed by atoms with Gasteiger partial charge in [0.15, 0.2) is 0 Å². The number of ether oxygens (including phenoxy) is 3.